The van der Waals surface area contributed by atoms with E-state index < -0.39 is 0 Å². The second-order valence-electron chi connectivity index (χ2n) is 5.07. The number of aromatic hydroxyl groups is 1. The van der Waals surface area contributed by atoms with Crippen molar-refractivity contribution in [2.45, 2.75) is 6.92 Å². The average Bonchev–Trinajstić information content (AvgIpc) is 2.57. The van der Waals surface area contributed by atoms with Crippen LogP contribution in [0.3, 0.4) is 0 Å². The maximum Gasteiger partial charge on any atom is 0.229 e. The Kier molecular flexibility index (Phi) is 4.05. The number of aryl methyl sites for hydroxylation is 1. The molecule has 3 aromatic rings. The molecule has 118 valence electrons. The van der Waals surface area contributed by atoms with Crippen LogP contribution in [0, 0.1) is 6.92 Å². The molecule has 0 spiro atoms. The summed E-state index contributed by atoms with van der Waals surface area (Å²) in [5.74, 6) is 0.812. The molecule has 0 aliphatic rings. The molecule has 2 aromatic heterocycles. The van der Waals surface area contributed by atoms with Gasteiger partial charge in [0.05, 0.1) is 6.20 Å². The monoisotopic (exact) mass is 309 g/mol. The van der Waals surface area contributed by atoms with Crippen molar-refractivity contribution in [3.05, 3.63) is 54.5 Å². The first kappa shape index (κ1) is 14.8. The van der Waals surface area contributed by atoms with Crippen molar-refractivity contribution in [3.63, 3.8) is 0 Å². The van der Waals surface area contributed by atoms with Crippen molar-refractivity contribution in [1.29, 1.82) is 0 Å². The summed E-state index contributed by atoms with van der Waals surface area (Å²) in [6.07, 6.45) is 3.16. The average molecular weight is 309 g/mol. The molecule has 0 unspecified atom stereocenters. The molecule has 2 heterocycles. The van der Waals surface area contributed by atoms with Crippen LogP contribution < -0.4 is 10.6 Å². The zero-order valence-corrected chi connectivity index (χ0v) is 12.9. The minimum absolute atomic E-state index is 0. The van der Waals surface area contributed by atoms with Gasteiger partial charge in [0.15, 0.2) is 11.6 Å². The molecular weight excluding hydrogens is 290 g/mol. The zero-order valence-electron chi connectivity index (χ0n) is 12.9. The highest BCUT2D eigenvalue weighted by molar-refractivity contribution is 5.67. The van der Waals surface area contributed by atoms with E-state index in [1.807, 2.05) is 43.3 Å². The van der Waals surface area contributed by atoms with E-state index in [0.29, 0.717) is 11.8 Å². The van der Waals surface area contributed by atoms with Gasteiger partial charge in [0, 0.05) is 26.1 Å². The van der Waals surface area contributed by atoms with Crippen molar-refractivity contribution in [2.24, 2.45) is 0 Å². The van der Waals surface area contributed by atoms with E-state index in [1.54, 1.807) is 13.2 Å². The second kappa shape index (κ2) is 6.31. The number of hydrogen-bond acceptors (Lipinski definition) is 6. The Balaban J connectivity index is 0.00000208. The molecule has 3 N–H and O–H groups in total. The van der Waals surface area contributed by atoms with E-state index in [4.69, 9.17) is 0 Å². The van der Waals surface area contributed by atoms with Crippen LogP contribution in [0.5, 0.6) is 5.75 Å². The second-order valence-corrected chi connectivity index (χ2v) is 5.07. The summed E-state index contributed by atoms with van der Waals surface area (Å²) in [6.45, 7) is 1.97. The standard InChI is InChI=1S/C17H17N5O.H2/c1-11-9-13(7-8-19-11)12-3-5-14(6-4-12)21-17-20-10-15(23)16(18-2)22-17;/h3-10,23H,1-2H3,(H2,18,20,21,22);1H. The van der Waals surface area contributed by atoms with Crippen LogP contribution in [0.15, 0.2) is 48.8 Å². The van der Waals surface area contributed by atoms with Crippen LogP contribution in [-0.2, 0) is 0 Å². The van der Waals surface area contributed by atoms with Gasteiger partial charge in [0.1, 0.15) is 0 Å². The highest BCUT2D eigenvalue weighted by Gasteiger charge is 2.05. The summed E-state index contributed by atoms with van der Waals surface area (Å²) < 4.78 is 0. The van der Waals surface area contributed by atoms with E-state index in [2.05, 4.69) is 25.6 Å². The first-order valence-electron chi connectivity index (χ1n) is 7.19. The van der Waals surface area contributed by atoms with Gasteiger partial charge in [-0.05, 0) is 42.3 Å². The topological polar surface area (TPSA) is 83.0 Å². The number of aromatic nitrogens is 3. The lowest BCUT2D eigenvalue weighted by Crippen LogP contribution is -2.00. The van der Waals surface area contributed by atoms with Gasteiger partial charge in [-0.25, -0.2) is 4.98 Å². The molecule has 6 nitrogen and oxygen atoms in total. The van der Waals surface area contributed by atoms with Crippen molar-refractivity contribution < 1.29 is 6.53 Å². The smallest absolute Gasteiger partial charge is 0.229 e. The third-order valence-electron chi connectivity index (χ3n) is 3.38. The lowest BCUT2D eigenvalue weighted by molar-refractivity contribution is 0.472. The van der Waals surface area contributed by atoms with E-state index >= 15 is 0 Å². The van der Waals surface area contributed by atoms with E-state index in [1.165, 1.54) is 6.20 Å². The SMILES string of the molecule is CNc1nc(Nc2ccc(-c3ccnc(C)c3)cc2)ncc1O.[HH]. The number of pyridine rings is 1. The molecule has 0 radical (unpaired) electrons. The molecule has 0 amide bonds. The minimum Gasteiger partial charge on any atom is -0.503 e. The summed E-state index contributed by atoms with van der Waals surface area (Å²) in [5, 5.41) is 15.5. The molecule has 0 saturated carbocycles. The van der Waals surface area contributed by atoms with Crippen molar-refractivity contribution in [2.75, 3.05) is 17.7 Å². The molecule has 0 saturated heterocycles. The summed E-state index contributed by atoms with van der Waals surface area (Å²) in [6, 6.07) is 12.0. The molecule has 0 bridgehead atoms. The minimum atomic E-state index is 0. The molecule has 0 aliphatic heterocycles. The van der Waals surface area contributed by atoms with Gasteiger partial charge in [0.2, 0.25) is 5.95 Å². The number of nitrogens with zero attached hydrogens (tertiary/aromatic N) is 3. The number of nitrogens with one attached hydrogen (secondary N) is 2. The fraction of sp³-hybridized carbons (Fsp3) is 0.118. The third-order valence-corrected chi connectivity index (χ3v) is 3.38. The van der Waals surface area contributed by atoms with E-state index in [0.717, 1.165) is 22.5 Å². The Morgan fingerprint density at radius 2 is 1.83 bits per heavy atom. The quantitative estimate of drug-likeness (QED) is 0.683. The summed E-state index contributed by atoms with van der Waals surface area (Å²) in [7, 11) is 1.69. The molecule has 1 aromatic carbocycles. The fourth-order valence-electron chi connectivity index (χ4n) is 2.22. The van der Waals surface area contributed by atoms with Crippen molar-refractivity contribution in [3.8, 4) is 16.9 Å². The van der Waals surface area contributed by atoms with Crippen molar-refractivity contribution in [1.82, 2.24) is 15.0 Å². The van der Waals surface area contributed by atoms with Gasteiger partial charge < -0.3 is 15.7 Å². The Bertz CT molecular complexity index is 823. The normalized spacial score (nSPS) is 10.3. The van der Waals surface area contributed by atoms with Gasteiger partial charge in [-0.1, -0.05) is 12.1 Å². The highest BCUT2D eigenvalue weighted by Crippen LogP contribution is 2.24. The van der Waals surface area contributed by atoms with E-state index in [9.17, 15) is 5.11 Å². The van der Waals surface area contributed by atoms with Crippen LogP contribution in [-0.4, -0.2) is 27.1 Å². The Morgan fingerprint density at radius 1 is 1.04 bits per heavy atom. The number of anilines is 3. The van der Waals surface area contributed by atoms with Gasteiger partial charge in [-0.15, -0.1) is 0 Å². The highest BCUT2D eigenvalue weighted by atomic mass is 16.3. The Labute approximate surface area is 135 Å². The first-order chi connectivity index (χ1) is 11.2. The fourth-order valence-corrected chi connectivity index (χ4v) is 2.22. The third kappa shape index (κ3) is 3.37. The van der Waals surface area contributed by atoms with Crippen LogP contribution >= 0.6 is 0 Å². The number of rotatable bonds is 4. The largest absolute Gasteiger partial charge is 0.503 e. The van der Waals surface area contributed by atoms with Crippen LogP contribution in [0.4, 0.5) is 17.5 Å². The molecule has 0 fully saturated rings. The summed E-state index contributed by atoms with van der Waals surface area (Å²) in [5.41, 5.74) is 4.10. The lowest BCUT2D eigenvalue weighted by atomic mass is 10.1. The maximum atomic E-state index is 9.57. The van der Waals surface area contributed by atoms with Gasteiger partial charge in [0.25, 0.3) is 0 Å². The van der Waals surface area contributed by atoms with Gasteiger partial charge in [-0.3, -0.25) is 4.98 Å². The number of hydrogen-bond donors (Lipinski definition) is 3. The first-order valence-corrected chi connectivity index (χ1v) is 7.19. The Morgan fingerprint density at radius 3 is 2.52 bits per heavy atom. The van der Waals surface area contributed by atoms with E-state index in [-0.39, 0.29) is 7.18 Å². The van der Waals surface area contributed by atoms with Crippen LogP contribution in [0.25, 0.3) is 11.1 Å². The molecule has 3 rings (SSSR count). The Hall–Kier alpha value is -3.15. The van der Waals surface area contributed by atoms with Crippen molar-refractivity contribution >= 4 is 17.5 Å². The molecular formula is C17H19N5O. The predicted octanol–water partition coefficient (Wildman–Crippen LogP) is 3.58. The van der Waals surface area contributed by atoms with Gasteiger partial charge in [-0.2, -0.15) is 4.98 Å². The maximum absolute atomic E-state index is 9.57. The number of benzene rings is 1. The summed E-state index contributed by atoms with van der Waals surface area (Å²) >= 11 is 0. The predicted molar refractivity (Wildman–Crippen MR) is 93.1 cm³/mol. The zero-order chi connectivity index (χ0) is 16.2. The van der Waals surface area contributed by atoms with Crippen LogP contribution in [0.1, 0.15) is 7.12 Å². The lowest BCUT2D eigenvalue weighted by Gasteiger charge is -2.08. The summed E-state index contributed by atoms with van der Waals surface area (Å²) in [4.78, 5) is 12.4. The molecule has 23 heavy (non-hydrogen) atoms. The molecule has 0 aliphatic carbocycles. The molecule has 6 heteroatoms. The molecule has 0 atom stereocenters. The van der Waals surface area contributed by atoms with Crippen LogP contribution in [0.2, 0.25) is 0 Å². The van der Waals surface area contributed by atoms with Gasteiger partial charge >= 0.3 is 0 Å².